The molecule has 2 rings (SSSR count). The fourth-order valence-electron chi connectivity index (χ4n) is 1.25. The minimum Gasteiger partial charge on any atom is -0.200 e. The Balaban J connectivity index is 2.73. The lowest BCUT2D eigenvalue weighted by atomic mass is 10.2. The lowest BCUT2D eigenvalue weighted by molar-refractivity contribution is 0.845. The molecular weight excluding hydrogens is 152 g/mol. The van der Waals surface area contributed by atoms with Gasteiger partial charge in [-0.1, -0.05) is 6.92 Å². The Labute approximate surface area is 70.2 Å². The van der Waals surface area contributed by atoms with E-state index in [9.17, 15) is 0 Å². The summed E-state index contributed by atoms with van der Waals surface area (Å²) in [6.07, 6.45) is 2.56. The Bertz CT molecular complexity index is 404. The summed E-state index contributed by atoms with van der Waals surface area (Å²) in [6, 6.07) is 2.00. The van der Waals surface area contributed by atoms with Crippen LogP contribution in [0.3, 0.4) is 0 Å². The molecule has 0 amide bonds. The molecule has 0 unspecified atom stereocenters. The second-order valence-electron chi connectivity index (χ2n) is 2.76. The highest BCUT2D eigenvalue weighted by Crippen LogP contribution is 2.06. The van der Waals surface area contributed by atoms with Crippen LogP contribution in [-0.2, 0) is 6.42 Å². The van der Waals surface area contributed by atoms with Crippen LogP contribution < -0.4 is 0 Å². The molecule has 4 nitrogen and oxygen atoms in total. The molecule has 0 spiro atoms. The first-order chi connectivity index (χ1) is 5.81. The molecule has 0 saturated carbocycles. The number of hydrogen-bond donors (Lipinski definition) is 0. The van der Waals surface area contributed by atoms with Gasteiger partial charge in [-0.3, -0.25) is 0 Å². The molecule has 12 heavy (non-hydrogen) atoms. The summed E-state index contributed by atoms with van der Waals surface area (Å²) in [7, 11) is 0. The standard InChI is InChI=1S/C8H10N4/c1-3-7-6(2)4-8-10-9-5-12(8)11-7/h4-5H,3H2,1-2H3. The van der Waals surface area contributed by atoms with E-state index in [0.29, 0.717) is 0 Å². The zero-order valence-electron chi connectivity index (χ0n) is 7.15. The highest BCUT2D eigenvalue weighted by Gasteiger charge is 2.01. The van der Waals surface area contributed by atoms with Gasteiger partial charge in [0.05, 0.1) is 5.69 Å². The Morgan fingerprint density at radius 3 is 3.08 bits per heavy atom. The second kappa shape index (κ2) is 2.55. The van der Waals surface area contributed by atoms with E-state index in [0.717, 1.165) is 17.8 Å². The molecule has 2 heterocycles. The third-order valence-corrected chi connectivity index (χ3v) is 1.92. The molecule has 0 fully saturated rings. The van der Waals surface area contributed by atoms with Gasteiger partial charge in [0, 0.05) is 0 Å². The maximum absolute atomic E-state index is 4.34. The summed E-state index contributed by atoms with van der Waals surface area (Å²) in [5, 5.41) is 12.0. The lowest BCUT2D eigenvalue weighted by Crippen LogP contribution is -1.98. The zero-order chi connectivity index (χ0) is 8.55. The van der Waals surface area contributed by atoms with Crippen LogP contribution in [0.4, 0.5) is 0 Å². The summed E-state index contributed by atoms with van der Waals surface area (Å²) in [6.45, 7) is 4.13. The largest absolute Gasteiger partial charge is 0.200 e. The highest BCUT2D eigenvalue weighted by atomic mass is 15.3. The van der Waals surface area contributed by atoms with E-state index < -0.39 is 0 Å². The van der Waals surface area contributed by atoms with Gasteiger partial charge in [0.25, 0.3) is 0 Å². The number of aryl methyl sites for hydroxylation is 2. The minimum atomic E-state index is 0.810. The molecule has 2 aromatic rings. The highest BCUT2D eigenvalue weighted by molar-refractivity contribution is 5.39. The van der Waals surface area contributed by atoms with Gasteiger partial charge >= 0.3 is 0 Å². The number of nitrogens with zero attached hydrogens (tertiary/aromatic N) is 4. The molecule has 0 atom stereocenters. The van der Waals surface area contributed by atoms with Gasteiger partial charge < -0.3 is 0 Å². The van der Waals surface area contributed by atoms with Crippen molar-refractivity contribution in [2.24, 2.45) is 0 Å². The van der Waals surface area contributed by atoms with E-state index >= 15 is 0 Å². The van der Waals surface area contributed by atoms with Gasteiger partial charge in [-0.05, 0) is 25.0 Å². The molecular formula is C8H10N4. The quantitative estimate of drug-likeness (QED) is 0.628. The summed E-state index contributed by atoms with van der Waals surface area (Å²) >= 11 is 0. The predicted molar refractivity (Wildman–Crippen MR) is 44.9 cm³/mol. The second-order valence-corrected chi connectivity index (χ2v) is 2.76. The molecule has 0 N–H and O–H groups in total. The number of rotatable bonds is 1. The van der Waals surface area contributed by atoms with Crippen LogP contribution in [0.15, 0.2) is 12.4 Å². The number of hydrogen-bond acceptors (Lipinski definition) is 3. The SMILES string of the molecule is CCc1nn2cnnc2cc1C. The van der Waals surface area contributed by atoms with Gasteiger partial charge in [0.15, 0.2) is 5.65 Å². The van der Waals surface area contributed by atoms with Gasteiger partial charge in [0.1, 0.15) is 6.33 Å². The maximum atomic E-state index is 4.34. The summed E-state index contributed by atoms with van der Waals surface area (Å²) < 4.78 is 1.70. The summed E-state index contributed by atoms with van der Waals surface area (Å²) in [5.74, 6) is 0. The Kier molecular flexibility index (Phi) is 1.53. The zero-order valence-corrected chi connectivity index (χ0v) is 7.15. The topological polar surface area (TPSA) is 43.1 Å². The molecule has 0 bridgehead atoms. The van der Waals surface area contributed by atoms with Gasteiger partial charge in [-0.2, -0.15) is 5.10 Å². The van der Waals surface area contributed by atoms with E-state index in [1.165, 1.54) is 5.56 Å². The van der Waals surface area contributed by atoms with Gasteiger partial charge in [-0.25, -0.2) is 4.52 Å². The van der Waals surface area contributed by atoms with Crippen molar-refractivity contribution in [2.45, 2.75) is 20.3 Å². The van der Waals surface area contributed by atoms with Gasteiger partial charge in [0.2, 0.25) is 0 Å². The first-order valence-electron chi connectivity index (χ1n) is 3.98. The fourth-order valence-corrected chi connectivity index (χ4v) is 1.25. The van der Waals surface area contributed by atoms with Crippen LogP contribution in [0, 0.1) is 6.92 Å². The van der Waals surface area contributed by atoms with E-state index in [-0.39, 0.29) is 0 Å². The smallest absolute Gasteiger partial charge is 0.177 e. The van der Waals surface area contributed by atoms with Crippen molar-refractivity contribution in [3.05, 3.63) is 23.7 Å². The van der Waals surface area contributed by atoms with Crippen molar-refractivity contribution >= 4 is 5.65 Å². The Morgan fingerprint density at radius 2 is 2.33 bits per heavy atom. The average molecular weight is 162 g/mol. The van der Waals surface area contributed by atoms with Crippen molar-refractivity contribution in [3.63, 3.8) is 0 Å². The fraction of sp³-hybridized carbons (Fsp3) is 0.375. The summed E-state index contributed by atoms with van der Waals surface area (Å²) in [5.41, 5.74) is 3.09. The molecule has 2 aromatic heterocycles. The van der Waals surface area contributed by atoms with Crippen LogP contribution >= 0.6 is 0 Å². The van der Waals surface area contributed by atoms with Crippen LogP contribution in [0.2, 0.25) is 0 Å². The van der Waals surface area contributed by atoms with Crippen LogP contribution in [0.25, 0.3) is 5.65 Å². The molecule has 0 aliphatic carbocycles. The Morgan fingerprint density at radius 1 is 1.50 bits per heavy atom. The predicted octanol–water partition coefficient (Wildman–Crippen LogP) is 0.995. The molecule has 0 aromatic carbocycles. The first kappa shape index (κ1) is 7.21. The molecule has 0 aliphatic heterocycles. The molecule has 4 heteroatoms. The first-order valence-corrected chi connectivity index (χ1v) is 3.98. The van der Waals surface area contributed by atoms with Gasteiger partial charge in [-0.15, -0.1) is 10.2 Å². The van der Waals surface area contributed by atoms with Crippen LogP contribution in [0.1, 0.15) is 18.2 Å². The molecule has 0 aliphatic rings. The molecule has 62 valence electrons. The van der Waals surface area contributed by atoms with Crippen molar-refractivity contribution < 1.29 is 0 Å². The Hall–Kier alpha value is -1.45. The van der Waals surface area contributed by atoms with E-state index in [1.807, 2.05) is 13.0 Å². The van der Waals surface area contributed by atoms with Crippen LogP contribution in [-0.4, -0.2) is 19.8 Å². The normalized spacial score (nSPS) is 10.8. The minimum absolute atomic E-state index is 0.810. The molecule has 0 saturated heterocycles. The van der Waals surface area contributed by atoms with Crippen molar-refractivity contribution in [1.82, 2.24) is 19.8 Å². The third-order valence-electron chi connectivity index (χ3n) is 1.92. The van der Waals surface area contributed by atoms with Crippen LogP contribution in [0.5, 0.6) is 0 Å². The van der Waals surface area contributed by atoms with Crippen molar-refractivity contribution in [1.29, 1.82) is 0 Å². The van der Waals surface area contributed by atoms with Crippen molar-refractivity contribution in [2.75, 3.05) is 0 Å². The lowest BCUT2D eigenvalue weighted by Gasteiger charge is -2.00. The number of aromatic nitrogens is 4. The number of fused-ring (bicyclic) bond motifs is 1. The van der Waals surface area contributed by atoms with E-state index in [4.69, 9.17) is 0 Å². The average Bonchev–Trinajstić information content (AvgIpc) is 2.49. The molecule has 0 radical (unpaired) electrons. The van der Waals surface area contributed by atoms with E-state index in [2.05, 4.69) is 22.2 Å². The monoisotopic (exact) mass is 162 g/mol. The van der Waals surface area contributed by atoms with E-state index in [1.54, 1.807) is 10.8 Å². The summed E-state index contributed by atoms with van der Waals surface area (Å²) in [4.78, 5) is 0. The maximum Gasteiger partial charge on any atom is 0.177 e. The van der Waals surface area contributed by atoms with Crippen molar-refractivity contribution in [3.8, 4) is 0 Å². The third kappa shape index (κ3) is 0.958.